The normalized spacial score (nSPS) is 26.3. The maximum Gasteiger partial charge on any atom is 0.260 e. The number of carbonyl (C=O) groups excluding carboxylic acids is 1. The molecule has 1 saturated carbocycles. The summed E-state index contributed by atoms with van der Waals surface area (Å²) in [7, 11) is 1.62. The highest BCUT2D eigenvalue weighted by molar-refractivity contribution is 5.78. The summed E-state index contributed by atoms with van der Waals surface area (Å²) >= 11 is 0. The van der Waals surface area contributed by atoms with Crippen LogP contribution in [0.1, 0.15) is 32.1 Å². The fraction of sp³-hybridized carbons (Fsp3) is 0.667. The molecule has 3 aliphatic heterocycles. The first-order valence-corrected chi connectivity index (χ1v) is 10.0. The molecule has 3 saturated heterocycles. The summed E-state index contributed by atoms with van der Waals surface area (Å²) in [6, 6.07) is 8.02. The van der Waals surface area contributed by atoms with Gasteiger partial charge in [0.15, 0.2) is 18.1 Å². The lowest BCUT2D eigenvalue weighted by atomic mass is 9.83. The Labute approximate surface area is 156 Å². The minimum absolute atomic E-state index is 0.0858. The quantitative estimate of drug-likeness (QED) is 0.784. The third kappa shape index (κ3) is 3.83. The molecule has 4 fully saturated rings. The van der Waals surface area contributed by atoms with E-state index in [9.17, 15) is 4.79 Å². The Morgan fingerprint density at radius 3 is 2.62 bits per heavy atom. The largest absolute Gasteiger partial charge is 0.493 e. The Bertz CT molecular complexity index is 631. The van der Waals surface area contributed by atoms with Crippen LogP contribution in [0.15, 0.2) is 24.3 Å². The first kappa shape index (κ1) is 17.7. The van der Waals surface area contributed by atoms with Gasteiger partial charge in [-0.05, 0) is 49.7 Å². The molecule has 3 heterocycles. The standard InChI is InChI=1S/C21H30N2O3/c1-25-19-7-2-3-8-20(19)26-15-21(24)23-13-17-9-10-18(14-23)22(12-17)11-16-5-4-6-16/h2-3,7-8,16-18H,4-6,9-15H2,1H3/t17-,18-/m0/s1. The lowest BCUT2D eigenvalue weighted by Gasteiger charge is -2.40. The lowest BCUT2D eigenvalue weighted by Crippen LogP contribution is -2.47. The van der Waals surface area contributed by atoms with Gasteiger partial charge in [0.25, 0.3) is 5.91 Å². The van der Waals surface area contributed by atoms with Crippen molar-refractivity contribution >= 4 is 5.91 Å². The van der Waals surface area contributed by atoms with E-state index in [1.54, 1.807) is 7.11 Å². The Balaban J connectivity index is 1.34. The van der Waals surface area contributed by atoms with E-state index in [-0.39, 0.29) is 12.5 Å². The lowest BCUT2D eigenvalue weighted by molar-refractivity contribution is -0.133. The third-order valence-electron chi connectivity index (χ3n) is 6.32. The molecule has 4 aliphatic rings. The van der Waals surface area contributed by atoms with Gasteiger partial charge in [0.05, 0.1) is 7.11 Å². The van der Waals surface area contributed by atoms with Gasteiger partial charge in [0.1, 0.15) is 0 Å². The molecule has 2 atom stereocenters. The zero-order chi connectivity index (χ0) is 17.9. The van der Waals surface area contributed by atoms with Gasteiger partial charge in [-0.1, -0.05) is 18.6 Å². The second kappa shape index (κ2) is 7.87. The summed E-state index contributed by atoms with van der Waals surface area (Å²) in [6.45, 7) is 4.23. The summed E-state index contributed by atoms with van der Waals surface area (Å²) in [5, 5.41) is 0. The van der Waals surface area contributed by atoms with Crippen molar-refractivity contribution in [1.29, 1.82) is 0 Å². The average molecular weight is 358 g/mol. The number of nitrogens with zero attached hydrogens (tertiary/aromatic N) is 2. The van der Waals surface area contributed by atoms with Gasteiger partial charge in [0, 0.05) is 32.2 Å². The van der Waals surface area contributed by atoms with Crippen LogP contribution >= 0.6 is 0 Å². The number of hydrogen-bond acceptors (Lipinski definition) is 4. The predicted octanol–water partition coefficient (Wildman–Crippen LogP) is 2.80. The zero-order valence-electron chi connectivity index (χ0n) is 15.7. The number of ether oxygens (including phenoxy) is 2. The van der Waals surface area contributed by atoms with E-state index < -0.39 is 0 Å². The molecule has 1 amide bonds. The average Bonchev–Trinajstić information content (AvgIpc) is 2.95. The van der Waals surface area contributed by atoms with Gasteiger partial charge >= 0.3 is 0 Å². The van der Waals surface area contributed by atoms with Gasteiger partial charge in [-0.25, -0.2) is 0 Å². The summed E-state index contributed by atoms with van der Waals surface area (Å²) < 4.78 is 11.1. The number of piperidine rings is 1. The molecule has 26 heavy (non-hydrogen) atoms. The molecule has 0 N–H and O–H groups in total. The first-order chi connectivity index (χ1) is 12.7. The van der Waals surface area contributed by atoms with Crippen molar-refractivity contribution in [3.63, 3.8) is 0 Å². The number of rotatable bonds is 6. The SMILES string of the molecule is COc1ccccc1OCC(=O)N1C[C@H]2CC[C@@H](C1)N(CC1CCC1)C2. The molecule has 5 heteroatoms. The second-order valence-corrected chi connectivity index (χ2v) is 8.09. The zero-order valence-corrected chi connectivity index (χ0v) is 15.7. The van der Waals surface area contributed by atoms with Crippen LogP contribution < -0.4 is 9.47 Å². The number of hydrogen-bond donors (Lipinski definition) is 0. The van der Waals surface area contributed by atoms with Crippen molar-refractivity contribution in [2.75, 3.05) is 39.9 Å². The highest BCUT2D eigenvalue weighted by Gasteiger charge is 2.37. The Kier molecular flexibility index (Phi) is 5.34. The molecule has 1 aromatic carbocycles. The highest BCUT2D eigenvalue weighted by atomic mass is 16.5. The van der Waals surface area contributed by atoms with Crippen LogP contribution in [0, 0.1) is 11.8 Å². The van der Waals surface area contributed by atoms with E-state index in [1.807, 2.05) is 29.2 Å². The molecule has 2 bridgehead atoms. The van der Waals surface area contributed by atoms with Gasteiger partial charge in [-0.15, -0.1) is 0 Å². The molecule has 0 unspecified atom stereocenters. The number of fused-ring (bicyclic) bond motifs is 4. The summed E-state index contributed by atoms with van der Waals surface area (Å²) in [6.07, 6.45) is 6.67. The number of benzene rings is 1. The van der Waals surface area contributed by atoms with Crippen molar-refractivity contribution in [2.45, 2.75) is 38.1 Å². The van der Waals surface area contributed by atoms with Crippen LogP contribution in [0.5, 0.6) is 11.5 Å². The van der Waals surface area contributed by atoms with Gasteiger partial charge in [-0.3, -0.25) is 9.69 Å². The fourth-order valence-corrected chi connectivity index (χ4v) is 4.58. The van der Waals surface area contributed by atoms with Crippen LogP contribution in [0.4, 0.5) is 0 Å². The first-order valence-electron chi connectivity index (χ1n) is 10.0. The van der Waals surface area contributed by atoms with E-state index in [0.717, 1.165) is 25.6 Å². The Morgan fingerprint density at radius 2 is 1.88 bits per heavy atom. The van der Waals surface area contributed by atoms with Crippen molar-refractivity contribution < 1.29 is 14.3 Å². The maximum atomic E-state index is 12.8. The van der Waals surface area contributed by atoms with Crippen molar-refractivity contribution in [2.24, 2.45) is 11.8 Å². The fourth-order valence-electron chi connectivity index (χ4n) is 4.58. The van der Waals surface area contributed by atoms with Gasteiger partial charge in [-0.2, -0.15) is 0 Å². The highest BCUT2D eigenvalue weighted by Crippen LogP contribution is 2.33. The van der Waals surface area contributed by atoms with Gasteiger partial charge < -0.3 is 14.4 Å². The molecular weight excluding hydrogens is 328 g/mol. The summed E-state index contributed by atoms with van der Waals surface area (Å²) in [5.74, 6) is 2.91. The summed E-state index contributed by atoms with van der Waals surface area (Å²) in [5.41, 5.74) is 0. The topological polar surface area (TPSA) is 42.0 Å². The molecule has 0 aromatic heterocycles. The van der Waals surface area contributed by atoms with Crippen LogP contribution in [0.25, 0.3) is 0 Å². The predicted molar refractivity (Wildman–Crippen MR) is 100 cm³/mol. The Morgan fingerprint density at radius 1 is 1.08 bits per heavy atom. The molecule has 5 rings (SSSR count). The van der Waals surface area contributed by atoms with Crippen molar-refractivity contribution in [1.82, 2.24) is 9.80 Å². The van der Waals surface area contributed by atoms with E-state index in [1.165, 1.54) is 38.6 Å². The van der Waals surface area contributed by atoms with Gasteiger partial charge in [0.2, 0.25) is 0 Å². The molecular formula is C21H30N2O3. The van der Waals surface area contributed by atoms with E-state index in [4.69, 9.17) is 9.47 Å². The molecule has 1 aliphatic carbocycles. The number of carbonyl (C=O) groups is 1. The Hall–Kier alpha value is -1.75. The third-order valence-corrected chi connectivity index (χ3v) is 6.32. The maximum absolute atomic E-state index is 12.8. The number of amides is 1. The van der Waals surface area contributed by atoms with Crippen molar-refractivity contribution in [3.05, 3.63) is 24.3 Å². The molecule has 1 aromatic rings. The minimum Gasteiger partial charge on any atom is -0.493 e. The van der Waals surface area contributed by atoms with Crippen LogP contribution in [-0.2, 0) is 4.79 Å². The van der Waals surface area contributed by atoms with Crippen molar-refractivity contribution in [3.8, 4) is 11.5 Å². The summed E-state index contributed by atoms with van der Waals surface area (Å²) in [4.78, 5) is 17.5. The smallest absolute Gasteiger partial charge is 0.260 e. The van der Waals surface area contributed by atoms with E-state index >= 15 is 0 Å². The monoisotopic (exact) mass is 358 g/mol. The number of methoxy groups -OCH3 is 1. The minimum atomic E-state index is 0.0858. The number of para-hydroxylation sites is 2. The molecule has 142 valence electrons. The van der Waals surface area contributed by atoms with E-state index in [0.29, 0.717) is 23.5 Å². The van der Waals surface area contributed by atoms with E-state index in [2.05, 4.69) is 4.90 Å². The molecule has 5 nitrogen and oxygen atoms in total. The molecule has 0 spiro atoms. The van der Waals surface area contributed by atoms with Crippen LogP contribution in [0.3, 0.4) is 0 Å². The van der Waals surface area contributed by atoms with Crippen LogP contribution in [0.2, 0.25) is 0 Å². The van der Waals surface area contributed by atoms with Crippen LogP contribution in [-0.4, -0.2) is 61.6 Å². The second-order valence-electron chi connectivity index (χ2n) is 8.09. The molecule has 0 radical (unpaired) electrons.